The first-order valence-corrected chi connectivity index (χ1v) is 10.9. The van der Waals surface area contributed by atoms with Crippen molar-refractivity contribution in [3.8, 4) is 0 Å². The van der Waals surface area contributed by atoms with Crippen molar-refractivity contribution in [1.82, 2.24) is 9.73 Å². The van der Waals surface area contributed by atoms with Gasteiger partial charge in [0, 0.05) is 30.1 Å². The third kappa shape index (κ3) is 5.71. The Morgan fingerprint density at radius 2 is 2.00 bits per heavy atom. The lowest BCUT2D eigenvalue weighted by Gasteiger charge is -2.33. The first-order chi connectivity index (χ1) is 9.99. The molecule has 7 heteroatoms. The van der Waals surface area contributed by atoms with Crippen LogP contribution in [0.4, 0.5) is 0 Å². The van der Waals surface area contributed by atoms with Crippen LogP contribution in [0.15, 0.2) is 0 Å². The SMILES string of the molecule is CS(=O)(=O)N1CCCC(CC(CSC2CCCC2)NN)C1. The summed E-state index contributed by atoms with van der Waals surface area (Å²) in [6, 6.07) is 0.292. The molecule has 0 amide bonds. The molecule has 0 spiro atoms. The van der Waals surface area contributed by atoms with E-state index in [1.165, 1.54) is 31.9 Å². The van der Waals surface area contributed by atoms with Crippen molar-refractivity contribution < 1.29 is 8.42 Å². The Kier molecular flexibility index (Phi) is 6.80. The van der Waals surface area contributed by atoms with Crippen molar-refractivity contribution >= 4 is 21.8 Å². The third-order valence-corrected chi connectivity index (χ3v) is 7.45. The van der Waals surface area contributed by atoms with Crippen LogP contribution in [0.2, 0.25) is 0 Å². The van der Waals surface area contributed by atoms with Crippen molar-refractivity contribution in [2.24, 2.45) is 11.8 Å². The van der Waals surface area contributed by atoms with Gasteiger partial charge in [-0.1, -0.05) is 12.8 Å². The monoisotopic (exact) mass is 335 g/mol. The van der Waals surface area contributed by atoms with E-state index in [2.05, 4.69) is 5.43 Å². The van der Waals surface area contributed by atoms with Gasteiger partial charge in [0.15, 0.2) is 0 Å². The van der Waals surface area contributed by atoms with E-state index < -0.39 is 10.0 Å². The fraction of sp³-hybridized carbons (Fsp3) is 1.00. The highest BCUT2D eigenvalue weighted by molar-refractivity contribution is 7.99. The Morgan fingerprint density at radius 3 is 2.62 bits per heavy atom. The van der Waals surface area contributed by atoms with E-state index in [1.807, 2.05) is 11.8 Å². The fourth-order valence-corrected chi connectivity index (χ4v) is 5.76. The largest absolute Gasteiger partial charge is 0.271 e. The van der Waals surface area contributed by atoms with E-state index in [9.17, 15) is 8.42 Å². The molecule has 1 aliphatic heterocycles. The van der Waals surface area contributed by atoms with Crippen molar-refractivity contribution in [2.75, 3.05) is 25.1 Å². The average molecular weight is 336 g/mol. The number of hydrazine groups is 1. The Balaban J connectivity index is 1.77. The number of rotatable bonds is 7. The van der Waals surface area contributed by atoms with Gasteiger partial charge in [0.05, 0.1) is 6.26 Å². The van der Waals surface area contributed by atoms with Crippen molar-refractivity contribution in [3.05, 3.63) is 0 Å². The summed E-state index contributed by atoms with van der Waals surface area (Å²) < 4.78 is 25.0. The van der Waals surface area contributed by atoms with Crippen LogP contribution < -0.4 is 11.3 Å². The lowest BCUT2D eigenvalue weighted by Crippen LogP contribution is -2.44. The molecule has 3 N–H and O–H groups in total. The minimum atomic E-state index is -3.05. The predicted octanol–water partition coefficient (Wildman–Crippen LogP) is 1.56. The van der Waals surface area contributed by atoms with Gasteiger partial charge in [0.2, 0.25) is 10.0 Å². The Bertz CT molecular complexity index is 410. The van der Waals surface area contributed by atoms with E-state index in [4.69, 9.17) is 5.84 Å². The molecule has 1 saturated heterocycles. The van der Waals surface area contributed by atoms with Crippen molar-refractivity contribution in [3.63, 3.8) is 0 Å². The molecule has 0 aromatic rings. The molecule has 2 atom stereocenters. The third-order valence-electron chi connectivity index (χ3n) is 4.64. The maximum atomic E-state index is 11.7. The summed E-state index contributed by atoms with van der Waals surface area (Å²) in [7, 11) is -3.05. The van der Waals surface area contributed by atoms with Crippen LogP contribution in [0.1, 0.15) is 44.9 Å². The summed E-state index contributed by atoms with van der Waals surface area (Å²) in [6.07, 6.45) is 9.77. The number of nitrogens with two attached hydrogens (primary N) is 1. The molecule has 2 aliphatic rings. The van der Waals surface area contributed by atoms with Gasteiger partial charge in [0.25, 0.3) is 0 Å². The van der Waals surface area contributed by atoms with E-state index in [0.29, 0.717) is 25.0 Å². The topological polar surface area (TPSA) is 75.4 Å². The van der Waals surface area contributed by atoms with Crippen LogP contribution in [0.25, 0.3) is 0 Å². The smallest absolute Gasteiger partial charge is 0.211 e. The van der Waals surface area contributed by atoms with Gasteiger partial charge in [-0.05, 0) is 38.0 Å². The van der Waals surface area contributed by atoms with Crippen LogP contribution in [0.5, 0.6) is 0 Å². The Labute approximate surface area is 133 Å². The lowest BCUT2D eigenvalue weighted by atomic mass is 9.93. The highest BCUT2D eigenvalue weighted by Crippen LogP contribution is 2.31. The molecule has 21 heavy (non-hydrogen) atoms. The number of piperidine rings is 1. The van der Waals surface area contributed by atoms with Gasteiger partial charge in [-0.15, -0.1) is 0 Å². The van der Waals surface area contributed by atoms with Gasteiger partial charge in [-0.3, -0.25) is 11.3 Å². The molecular formula is C14H29N3O2S2. The number of nitrogens with zero attached hydrogens (tertiary/aromatic N) is 1. The number of sulfonamides is 1. The van der Waals surface area contributed by atoms with Gasteiger partial charge < -0.3 is 0 Å². The maximum Gasteiger partial charge on any atom is 0.211 e. The van der Waals surface area contributed by atoms with Crippen LogP contribution in [-0.4, -0.2) is 49.1 Å². The van der Waals surface area contributed by atoms with Crippen LogP contribution >= 0.6 is 11.8 Å². The first-order valence-electron chi connectivity index (χ1n) is 8.02. The molecule has 1 heterocycles. The van der Waals surface area contributed by atoms with E-state index in [0.717, 1.165) is 30.3 Å². The normalized spacial score (nSPS) is 27.0. The summed E-state index contributed by atoms with van der Waals surface area (Å²) in [6.45, 7) is 1.33. The molecule has 0 bridgehead atoms. The molecule has 1 saturated carbocycles. The van der Waals surface area contributed by atoms with Gasteiger partial charge >= 0.3 is 0 Å². The van der Waals surface area contributed by atoms with Crippen LogP contribution in [0, 0.1) is 5.92 Å². The van der Waals surface area contributed by atoms with Crippen molar-refractivity contribution in [1.29, 1.82) is 0 Å². The van der Waals surface area contributed by atoms with Gasteiger partial charge in [0.1, 0.15) is 0 Å². The quantitative estimate of drug-likeness (QED) is 0.545. The highest BCUT2D eigenvalue weighted by Gasteiger charge is 2.28. The highest BCUT2D eigenvalue weighted by atomic mass is 32.2. The number of nitrogens with one attached hydrogen (secondary N) is 1. The van der Waals surface area contributed by atoms with E-state index >= 15 is 0 Å². The van der Waals surface area contributed by atoms with Crippen LogP contribution in [-0.2, 0) is 10.0 Å². The zero-order chi connectivity index (χ0) is 15.3. The minimum Gasteiger partial charge on any atom is -0.271 e. The van der Waals surface area contributed by atoms with Gasteiger partial charge in [-0.25, -0.2) is 12.7 Å². The zero-order valence-electron chi connectivity index (χ0n) is 13.0. The molecule has 1 aliphatic carbocycles. The molecule has 2 rings (SSSR count). The minimum absolute atomic E-state index is 0.292. The predicted molar refractivity (Wildman–Crippen MR) is 89.6 cm³/mol. The summed E-state index contributed by atoms with van der Waals surface area (Å²) in [5.74, 6) is 7.17. The van der Waals surface area contributed by atoms with Crippen molar-refractivity contribution in [2.45, 2.75) is 56.2 Å². The Hall–Kier alpha value is 0.180. The fourth-order valence-electron chi connectivity index (χ4n) is 3.41. The summed E-state index contributed by atoms with van der Waals surface area (Å²) >= 11 is 2.04. The average Bonchev–Trinajstić information content (AvgIpc) is 2.96. The maximum absolute atomic E-state index is 11.7. The van der Waals surface area contributed by atoms with E-state index in [-0.39, 0.29) is 0 Å². The summed E-state index contributed by atoms with van der Waals surface area (Å²) in [4.78, 5) is 0. The lowest BCUT2D eigenvalue weighted by molar-refractivity contribution is 0.242. The first kappa shape index (κ1) is 17.5. The molecule has 2 unspecified atom stereocenters. The number of thioether (sulfide) groups is 1. The molecule has 0 aromatic heterocycles. The van der Waals surface area contributed by atoms with E-state index in [1.54, 1.807) is 4.31 Å². The molecule has 2 fully saturated rings. The second kappa shape index (κ2) is 8.15. The zero-order valence-corrected chi connectivity index (χ0v) is 14.6. The Morgan fingerprint density at radius 1 is 1.29 bits per heavy atom. The molecule has 5 nitrogen and oxygen atoms in total. The molecular weight excluding hydrogens is 306 g/mol. The van der Waals surface area contributed by atoms with Gasteiger partial charge in [-0.2, -0.15) is 11.8 Å². The van der Waals surface area contributed by atoms with Crippen LogP contribution in [0.3, 0.4) is 0 Å². The molecule has 124 valence electrons. The standard InChI is InChI=1S/C14H29N3O2S2/c1-21(18,19)17-8-4-5-12(10-17)9-13(16-15)11-20-14-6-2-3-7-14/h12-14,16H,2-11,15H2,1H3. The molecule has 0 radical (unpaired) electrons. The molecule has 0 aromatic carbocycles. The summed E-state index contributed by atoms with van der Waals surface area (Å²) in [5, 5.41) is 0.805. The summed E-state index contributed by atoms with van der Waals surface area (Å²) in [5.41, 5.74) is 2.94. The second-order valence-corrected chi connectivity index (χ2v) is 9.78. The number of hydrogen-bond acceptors (Lipinski definition) is 5. The number of hydrogen-bond donors (Lipinski definition) is 2. The second-order valence-electron chi connectivity index (χ2n) is 6.47.